The van der Waals surface area contributed by atoms with Crippen molar-refractivity contribution in [2.24, 2.45) is 0 Å². The van der Waals surface area contributed by atoms with Crippen LogP contribution in [0.3, 0.4) is 0 Å². The number of alkyl carbamates (subject to hydrolysis) is 1. The van der Waals surface area contributed by atoms with Gasteiger partial charge in [0.1, 0.15) is 30.0 Å². The molecule has 0 bridgehead atoms. The Balaban J connectivity index is 1.62. The minimum Gasteiger partial charge on any atom is -0.466 e. The summed E-state index contributed by atoms with van der Waals surface area (Å²) in [5.41, 5.74) is 2.23. The molecule has 0 aliphatic carbocycles. The van der Waals surface area contributed by atoms with Crippen molar-refractivity contribution in [1.82, 2.24) is 5.32 Å². The summed E-state index contributed by atoms with van der Waals surface area (Å²) in [4.78, 5) is 25.8. The molecule has 0 aromatic heterocycles. The van der Waals surface area contributed by atoms with E-state index in [4.69, 9.17) is 28.4 Å². The van der Waals surface area contributed by atoms with E-state index in [-0.39, 0.29) is 26.2 Å². The standard InChI is InChI=1S/C36H45NO8/c1-5-41-31(38)21-29(37-35(39)45-36(2,3)4)32-34(43-24-28-19-13-8-14-20-28)33(42-23-27-17-11-7-12-18-27)30(44-32)25-40-22-26-15-9-6-10-16-26/h6-20,29-30,32-34H,5,21-25H2,1-4H3,(H,37,39)/t29-,30-,32+,33-,34+/m1/s1. The Morgan fingerprint density at radius 3 is 1.80 bits per heavy atom. The zero-order chi connectivity index (χ0) is 32.1. The SMILES string of the molecule is CCOC(=O)C[C@@H](NC(=O)OC(C)(C)C)[C@@H]1O[C@H](COCc2ccccc2)[C@@H](OCc2ccccc2)[C@H]1OCc1ccccc1. The van der Waals surface area contributed by atoms with Crippen molar-refractivity contribution in [3.05, 3.63) is 108 Å². The third kappa shape index (κ3) is 11.3. The Kier molecular flexibility index (Phi) is 12.9. The molecule has 1 heterocycles. The fourth-order valence-electron chi connectivity index (χ4n) is 5.11. The smallest absolute Gasteiger partial charge is 0.407 e. The molecule has 1 fully saturated rings. The number of amides is 1. The molecule has 242 valence electrons. The Labute approximate surface area is 266 Å². The summed E-state index contributed by atoms with van der Waals surface area (Å²) < 4.78 is 36.7. The van der Waals surface area contributed by atoms with Crippen molar-refractivity contribution in [2.45, 2.75) is 90.0 Å². The molecular formula is C36H45NO8. The Hall–Kier alpha value is -3.76. The van der Waals surface area contributed by atoms with Gasteiger partial charge in [-0.2, -0.15) is 0 Å². The van der Waals surface area contributed by atoms with E-state index in [0.717, 1.165) is 16.7 Å². The fourth-order valence-corrected chi connectivity index (χ4v) is 5.11. The van der Waals surface area contributed by atoms with Crippen molar-refractivity contribution in [3.63, 3.8) is 0 Å². The highest BCUT2D eigenvalue weighted by atomic mass is 16.6. The maximum absolute atomic E-state index is 13.0. The number of nitrogens with one attached hydrogen (secondary N) is 1. The second kappa shape index (κ2) is 17.1. The first-order valence-corrected chi connectivity index (χ1v) is 15.4. The molecule has 3 aromatic carbocycles. The molecule has 4 rings (SSSR count). The monoisotopic (exact) mass is 619 g/mol. The van der Waals surface area contributed by atoms with Gasteiger partial charge in [-0.15, -0.1) is 0 Å². The van der Waals surface area contributed by atoms with Crippen LogP contribution in [0.4, 0.5) is 4.79 Å². The summed E-state index contributed by atoms with van der Waals surface area (Å²) in [7, 11) is 0. The normalized spacial score (nSPS) is 20.4. The molecule has 1 amide bonds. The quantitative estimate of drug-likeness (QED) is 0.207. The fraction of sp³-hybridized carbons (Fsp3) is 0.444. The first kappa shape index (κ1) is 34.1. The Morgan fingerprint density at radius 1 is 0.778 bits per heavy atom. The van der Waals surface area contributed by atoms with Gasteiger partial charge in [0, 0.05) is 0 Å². The maximum atomic E-state index is 13.0. The van der Waals surface area contributed by atoms with Crippen molar-refractivity contribution in [2.75, 3.05) is 13.2 Å². The highest BCUT2D eigenvalue weighted by molar-refractivity contribution is 5.73. The number of esters is 1. The third-order valence-electron chi connectivity index (χ3n) is 7.10. The highest BCUT2D eigenvalue weighted by Crippen LogP contribution is 2.32. The predicted molar refractivity (Wildman–Crippen MR) is 169 cm³/mol. The van der Waals surface area contributed by atoms with Gasteiger partial charge in [-0.25, -0.2) is 4.79 Å². The lowest BCUT2D eigenvalue weighted by Crippen LogP contribution is -2.51. The van der Waals surface area contributed by atoms with Crippen LogP contribution in [0.25, 0.3) is 0 Å². The zero-order valence-corrected chi connectivity index (χ0v) is 26.6. The number of carbonyl (C=O) groups excluding carboxylic acids is 2. The molecule has 0 unspecified atom stereocenters. The van der Waals surface area contributed by atoms with Crippen LogP contribution >= 0.6 is 0 Å². The molecule has 1 aliphatic heterocycles. The van der Waals surface area contributed by atoms with E-state index >= 15 is 0 Å². The lowest BCUT2D eigenvalue weighted by atomic mass is 9.99. The maximum Gasteiger partial charge on any atom is 0.407 e. The van der Waals surface area contributed by atoms with Gasteiger partial charge in [-0.1, -0.05) is 91.0 Å². The molecule has 1 N–H and O–H groups in total. The van der Waals surface area contributed by atoms with Crippen LogP contribution in [0.2, 0.25) is 0 Å². The van der Waals surface area contributed by atoms with Crippen molar-refractivity contribution in [1.29, 1.82) is 0 Å². The summed E-state index contributed by atoms with van der Waals surface area (Å²) in [5.74, 6) is -0.477. The number of hydrogen-bond donors (Lipinski definition) is 1. The zero-order valence-electron chi connectivity index (χ0n) is 26.6. The third-order valence-corrected chi connectivity index (χ3v) is 7.10. The van der Waals surface area contributed by atoms with Gasteiger partial charge >= 0.3 is 12.1 Å². The van der Waals surface area contributed by atoms with Crippen LogP contribution < -0.4 is 5.32 Å². The molecule has 0 saturated carbocycles. The van der Waals surface area contributed by atoms with E-state index in [1.54, 1.807) is 27.7 Å². The Morgan fingerprint density at radius 2 is 1.29 bits per heavy atom. The van der Waals surface area contributed by atoms with Gasteiger partial charge in [-0.05, 0) is 44.4 Å². The average molecular weight is 620 g/mol. The molecule has 9 nitrogen and oxygen atoms in total. The molecule has 5 atom stereocenters. The summed E-state index contributed by atoms with van der Waals surface area (Å²) in [6, 6.07) is 28.6. The van der Waals surface area contributed by atoms with Gasteiger partial charge in [-0.3, -0.25) is 4.79 Å². The first-order chi connectivity index (χ1) is 21.7. The van der Waals surface area contributed by atoms with E-state index in [1.807, 2.05) is 91.0 Å². The number of benzene rings is 3. The number of ether oxygens (including phenoxy) is 6. The highest BCUT2D eigenvalue weighted by Gasteiger charge is 2.50. The van der Waals surface area contributed by atoms with Crippen molar-refractivity contribution >= 4 is 12.1 Å². The first-order valence-electron chi connectivity index (χ1n) is 15.4. The second-order valence-corrected chi connectivity index (χ2v) is 11.9. The molecule has 1 saturated heterocycles. The van der Waals surface area contributed by atoms with E-state index in [2.05, 4.69) is 5.32 Å². The van der Waals surface area contributed by atoms with Crippen molar-refractivity contribution < 1.29 is 38.0 Å². The number of rotatable bonds is 15. The summed E-state index contributed by atoms with van der Waals surface area (Å²) in [6.07, 6.45) is -3.42. The lowest BCUT2D eigenvalue weighted by molar-refractivity contribution is -0.145. The van der Waals surface area contributed by atoms with Crippen LogP contribution in [-0.4, -0.2) is 61.3 Å². The van der Waals surface area contributed by atoms with E-state index < -0.39 is 48.1 Å². The summed E-state index contributed by atoms with van der Waals surface area (Å²) in [6.45, 7) is 8.44. The van der Waals surface area contributed by atoms with Gasteiger partial charge in [0.2, 0.25) is 0 Å². The minimum atomic E-state index is -0.832. The van der Waals surface area contributed by atoms with Gasteiger partial charge in [0.05, 0.1) is 45.5 Å². The summed E-state index contributed by atoms with van der Waals surface area (Å²) >= 11 is 0. The van der Waals surface area contributed by atoms with E-state index in [1.165, 1.54) is 0 Å². The molecule has 0 spiro atoms. The molecule has 3 aromatic rings. The topological polar surface area (TPSA) is 102 Å². The van der Waals surface area contributed by atoms with Crippen LogP contribution in [0, 0.1) is 0 Å². The van der Waals surface area contributed by atoms with Crippen LogP contribution in [-0.2, 0) is 53.0 Å². The van der Waals surface area contributed by atoms with Crippen LogP contribution in [0.5, 0.6) is 0 Å². The molecule has 1 aliphatic rings. The predicted octanol–water partition coefficient (Wildman–Crippen LogP) is 5.99. The minimum absolute atomic E-state index is 0.147. The molecular weight excluding hydrogens is 574 g/mol. The van der Waals surface area contributed by atoms with Gasteiger partial charge in [0.25, 0.3) is 0 Å². The number of carbonyl (C=O) groups is 2. The van der Waals surface area contributed by atoms with E-state index in [9.17, 15) is 9.59 Å². The summed E-state index contributed by atoms with van der Waals surface area (Å²) in [5, 5.41) is 2.87. The van der Waals surface area contributed by atoms with Gasteiger partial charge in [0.15, 0.2) is 0 Å². The molecule has 9 heteroatoms. The van der Waals surface area contributed by atoms with Crippen LogP contribution in [0.15, 0.2) is 91.0 Å². The molecule has 45 heavy (non-hydrogen) atoms. The Bertz CT molecular complexity index is 1300. The van der Waals surface area contributed by atoms with Gasteiger partial charge < -0.3 is 33.7 Å². The van der Waals surface area contributed by atoms with Crippen LogP contribution in [0.1, 0.15) is 50.8 Å². The van der Waals surface area contributed by atoms with Crippen molar-refractivity contribution in [3.8, 4) is 0 Å². The second-order valence-electron chi connectivity index (χ2n) is 11.9. The largest absolute Gasteiger partial charge is 0.466 e. The molecule has 0 radical (unpaired) electrons. The van der Waals surface area contributed by atoms with E-state index in [0.29, 0.717) is 13.2 Å². The average Bonchev–Trinajstić information content (AvgIpc) is 3.36. The number of hydrogen-bond acceptors (Lipinski definition) is 8. The lowest BCUT2D eigenvalue weighted by Gasteiger charge is -2.30.